The van der Waals surface area contributed by atoms with Crippen LogP contribution < -0.4 is 11.1 Å². The number of aryl methyl sites for hydroxylation is 3. The molecule has 0 fully saturated rings. The smallest absolute Gasteiger partial charge is 0.0596 e. The highest BCUT2D eigenvalue weighted by Crippen LogP contribution is 2.01. The summed E-state index contributed by atoms with van der Waals surface area (Å²) in [6, 6.07) is 2.11. The van der Waals surface area contributed by atoms with Gasteiger partial charge in [0.05, 0.1) is 5.69 Å². The summed E-state index contributed by atoms with van der Waals surface area (Å²) in [6.45, 7) is 7.95. The quantitative estimate of drug-likeness (QED) is 0.655. The third-order valence-corrected chi connectivity index (χ3v) is 2.38. The largest absolute Gasteiger partial charge is 0.330 e. The molecule has 1 rings (SSSR count). The highest BCUT2D eigenvalue weighted by molar-refractivity contribution is 5.06. The van der Waals surface area contributed by atoms with Crippen LogP contribution in [0.15, 0.2) is 6.07 Å². The zero-order valence-electron chi connectivity index (χ0n) is 9.79. The standard InChI is InChI=1S/C11H22N4/c1-10-9-11(2)15(14-10)8-4-7-13-6-3-5-12/h9,13H,3-8,12H2,1-2H3. The molecule has 3 N–H and O–H groups in total. The molecule has 0 aromatic carbocycles. The van der Waals surface area contributed by atoms with Crippen LogP contribution in [0, 0.1) is 13.8 Å². The Bertz CT molecular complexity index is 280. The van der Waals surface area contributed by atoms with Gasteiger partial charge in [-0.05, 0) is 52.4 Å². The molecule has 0 radical (unpaired) electrons. The summed E-state index contributed by atoms with van der Waals surface area (Å²) >= 11 is 0. The topological polar surface area (TPSA) is 55.9 Å². The molecule has 4 heteroatoms. The van der Waals surface area contributed by atoms with E-state index >= 15 is 0 Å². The van der Waals surface area contributed by atoms with E-state index in [0.29, 0.717) is 0 Å². The first-order valence-corrected chi connectivity index (χ1v) is 5.66. The van der Waals surface area contributed by atoms with Gasteiger partial charge in [-0.25, -0.2) is 0 Å². The first kappa shape index (κ1) is 12.2. The Balaban J connectivity index is 2.12. The van der Waals surface area contributed by atoms with Gasteiger partial charge in [0.15, 0.2) is 0 Å². The third-order valence-electron chi connectivity index (χ3n) is 2.38. The highest BCUT2D eigenvalue weighted by atomic mass is 15.3. The minimum Gasteiger partial charge on any atom is -0.330 e. The number of aromatic nitrogens is 2. The molecule has 0 spiro atoms. The first-order valence-electron chi connectivity index (χ1n) is 5.66. The zero-order valence-corrected chi connectivity index (χ0v) is 9.79. The third kappa shape index (κ3) is 4.44. The molecule has 1 heterocycles. The molecule has 0 saturated heterocycles. The Hall–Kier alpha value is -0.870. The summed E-state index contributed by atoms with van der Waals surface area (Å²) in [4.78, 5) is 0. The molecule has 0 atom stereocenters. The van der Waals surface area contributed by atoms with Crippen molar-refractivity contribution in [1.29, 1.82) is 0 Å². The molecule has 1 aromatic rings. The van der Waals surface area contributed by atoms with Gasteiger partial charge in [0, 0.05) is 12.2 Å². The molecular formula is C11H22N4. The predicted molar refractivity (Wildman–Crippen MR) is 62.9 cm³/mol. The lowest BCUT2D eigenvalue weighted by atomic mass is 10.3. The minimum absolute atomic E-state index is 0.768. The average Bonchev–Trinajstić information content (AvgIpc) is 2.51. The maximum absolute atomic E-state index is 5.40. The van der Waals surface area contributed by atoms with Crippen molar-refractivity contribution in [2.45, 2.75) is 33.2 Å². The SMILES string of the molecule is Cc1cc(C)n(CCCNCCCN)n1. The van der Waals surface area contributed by atoms with Crippen molar-refractivity contribution in [3.63, 3.8) is 0 Å². The number of hydrogen-bond donors (Lipinski definition) is 2. The van der Waals surface area contributed by atoms with Crippen molar-refractivity contribution in [1.82, 2.24) is 15.1 Å². The van der Waals surface area contributed by atoms with E-state index in [0.717, 1.165) is 44.7 Å². The van der Waals surface area contributed by atoms with Crippen molar-refractivity contribution in [3.8, 4) is 0 Å². The van der Waals surface area contributed by atoms with E-state index in [4.69, 9.17) is 5.73 Å². The molecule has 0 bridgehead atoms. The van der Waals surface area contributed by atoms with Crippen molar-refractivity contribution in [2.75, 3.05) is 19.6 Å². The van der Waals surface area contributed by atoms with Gasteiger partial charge >= 0.3 is 0 Å². The van der Waals surface area contributed by atoms with E-state index in [9.17, 15) is 0 Å². The molecule has 1 aromatic heterocycles. The van der Waals surface area contributed by atoms with Gasteiger partial charge in [-0.15, -0.1) is 0 Å². The maximum atomic E-state index is 5.40. The Morgan fingerprint density at radius 2 is 2.07 bits per heavy atom. The summed E-state index contributed by atoms with van der Waals surface area (Å²) in [6.07, 6.45) is 2.17. The lowest BCUT2D eigenvalue weighted by Gasteiger charge is -2.05. The van der Waals surface area contributed by atoms with Gasteiger partial charge in [-0.1, -0.05) is 0 Å². The van der Waals surface area contributed by atoms with E-state index in [-0.39, 0.29) is 0 Å². The molecule has 0 saturated carbocycles. The van der Waals surface area contributed by atoms with Gasteiger partial charge in [0.1, 0.15) is 0 Å². The summed E-state index contributed by atoms with van der Waals surface area (Å²) in [5, 5.41) is 7.77. The van der Waals surface area contributed by atoms with Crippen LogP contribution in [-0.4, -0.2) is 29.4 Å². The van der Waals surface area contributed by atoms with Crippen molar-refractivity contribution >= 4 is 0 Å². The van der Waals surface area contributed by atoms with E-state index < -0.39 is 0 Å². The van der Waals surface area contributed by atoms with Gasteiger partial charge in [0.2, 0.25) is 0 Å². The van der Waals surface area contributed by atoms with Crippen molar-refractivity contribution in [2.24, 2.45) is 5.73 Å². The Morgan fingerprint density at radius 3 is 2.67 bits per heavy atom. The van der Waals surface area contributed by atoms with Gasteiger partial charge in [-0.3, -0.25) is 4.68 Å². The summed E-state index contributed by atoms with van der Waals surface area (Å²) < 4.78 is 2.07. The van der Waals surface area contributed by atoms with Crippen LogP contribution in [-0.2, 0) is 6.54 Å². The van der Waals surface area contributed by atoms with E-state index in [2.05, 4.69) is 28.1 Å². The second-order valence-electron chi connectivity index (χ2n) is 3.90. The van der Waals surface area contributed by atoms with Crippen LogP contribution in [0.3, 0.4) is 0 Å². The number of hydrogen-bond acceptors (Lipinski definition) is 3. The fraction of sp³-hybridized carbons (Fsp3) is 0.727. The molecule has 0 amide bonds. The average molecular weight is 210 g/mol. The van der Waals surface area contributed by atoms with Crippen LogP contribution in [0.5, 0.6) is 0 Å². The predicted octanol–water partition coefficient (Wildman–Crippen LogP) is 0.828. The molecule has 0 aliphatic carbocycles. The lowest BCUT2D eigenvalue weighted by molar-refractivity contribution is 0.529. The number of rotatable bonds is 7. The lowest BCUT2D eigenvalue weighted by Crippen LogP contribution is -2.20. The van der Waals surface area contributed by atoms with Crippen LogP contribution in [0.4, 0.5) is 0 Å². The summed E-state index contributed by atoms with van der Waals surface area (Å²) in [5.74, 6) is 0. The fourth-order valence-corrected chi connectivity index (χ4v) is 1.61. The molecule has 0 aliphatic rings. The van der Waals surface area contributed by atoms with E-state index in [1.54, 1.807) is 0 Å². The molecular weight excluding hydrogens is 188 g/mol. The Kier molecular flexibility index (Phi) is 5.36. The second kappa shape index (κ2) is 6.58. The molecule has 15 heavy (non-hydrogen) atoms. The molecule has 86 valence electrons. The zero-order chi connectivity index (χ0) is 11.1. The van der Waals surface area contributed by atoms with Crippen molar-refractivity contribution in [3.05, 3.63) is 17.5 Å². The first-order chi connectivity index (χ1) is 7.24. The fourth-order valence-electron chi connectivity index (χ4n) is 1.61. The van der Waals surface area contributed by atoms with Gasteiger partial charge in [-0.2, -0.15) is 5.10 Å². The number of nitrogens with one attached hydrogen (secondary N) is 1. The molecule has 0 unspecified atom stereocenters. The Morgan fingerprint density at radius 1 is 1.33 bits per heavy atom. The summed E-state index contributed by atoms with van der Waals surface area (Å²) in [7, 11) is 0. The van der Waals surface area contributed by atoms with Gasteiger partial charge < -0.3 is 11.1 Å². The summed E-state index contributed by atoms with van der Waals surface area (Å²) in [5.41, 5.74) is 7.75. The van der Waals surface area contributed by atoms with Crippen LogP contribution in [0.2, 0.25) is 0 Å². The Labute approximate surface area is 91.8 Å². The van der Waals surface area contributed by atoms with Crippen LogP contribution >= 0.6 is 0 Å². The number of nitrogens with two attached hydrogens (primary N) is 1. The van der Waals surface area contributed by atoms with Crippen LogP contribution in [0.1, 0.15) is 24.2 Å². The van der Waals surface area contributed by atoms with Crippen molar-refractivity contribution < 1.29 is 0 Å². The number of nitrogens with zero attached hydrogens (tertiary/aromatic N) is 2. The minimum atomic E-state index is 0.768. The maximum Gasteiger partial charge on any atom is 0.0596 e. The highest BCUT2D eigenvalue weighted by Gasteiger charge is 1.99. The monoisotopic (exact) mass is 210 g/mol. The second-order valence-corrected chi connectivity index (χ2v) is 3.90. The van der Waals surface area contributed by atoms with E-state index in [1.165, 1.54) is 5.69 Å². The van der Waals surface area contributed by atoms with Crippen LogP contribution in [0.25, 0.3) is 0 Å². The van der Waals surface area contributed by atoms with E-state index in [1.807, 2.05) is 6.92 Å². The molecule has 0 aliphatic heterocycles. The normalized spacial score (nSPS) is 10.9. The van der Waals surface area contributed by atoms with Gasteiger partial charge in [0.25, 0.3) is 0 Å². The molecule has 4 nitrogen and oxygen atoms in total.